The van der Waals surface area contributed by atoms with Crippen molar-refractivity contribution < 1.29 is 9.59 Å². The maximum Gasteiger partial charge on any atom is 0.249 e. The van der Waals surface area contributed by atoms with Crippen LogP contribution in [0.5, 0.6) is 0 Å². The third-order valence-corrected chi connectivity index (χ3v) is 3.54. The molecule has 6 heteroatoms. The Labute approximate surface area is 112 Å². The molecule has 1 aliphatic heterocycles. The lowest BCUT2D eigenvalue weighted by molar-refractivity contribution is -0.146. The average molecular weight is 262 g/mol. The van der Waals surface area contributed by atoms with E-state index in [0.717, 1.165) is 6.42 Å². The van der Waals surface area contributed by atoms with Crippen molar-refractivity contribution in [2.24, 2.45) is 11.7 Å². The molecule has 0 radical (unpaired) electrons. The molecule has 1 unspecified atom stereocenters. The van der Waals surface area contributed by atoms with Gasteiger partial charge in [-0.1, -0.05) is 13.8 Å². The molecular formula is C13H18N4O2. The first-order chi connectivity index (χ1) is 9.00. The average Bonchev–Trinajstić information content (AvgIpc) is 2.84. The molecule has 1 aromatic heterocycles. The van der Waals surface area contributed by atoms with Crippen LogP contribution in [-0.4, -0.2) is 33.2 Å². The van der Waals surface area contributed by atoms with Crippen molar-refractivity contribution in [2.75, 3.05) is 6.54 Å². The van der Waals surface area contributed by atoms with Gasteiger partial charge in [-0.3, -0.25) is 19.6 Å². The van der Waals surface area contributed by atoms with Gasteiger partial charge in [0.05, 0.1) is 11.9 Å². The van der Waals surface area contributed by atoms with Gasteiger partial charge in [-0.15, -0.1) is 0 Å². The van der Waals surface area contributed by atoms with Gasteiger partial charge in [-0.05, 0) is 12.8 Å². The summed E-state index contributed by atoms with van der Waals surface area (Å²) < 4.78 is 0. The summed E-state index contributed by atoms with van der Waals surface area (Å²) >= 11 is 0. The summed E-state index contributed by atoms with van der Waals surface area (Å²) in [5.41, 5.74) is 4.90. The third-order valence-electron chi connectivity index (χ3n) is 3.54. The number of hydrogen-bond donors (Lipinski definition) is 1. The Hall–Kier alpha value is -1.98. The van der Waals surface area contributed by atoms with Crippen LogP contribution in [0.3, 0.4) is 0 Å². The van der Waals surface area contributed by atoms with Crippen LogP contribution in [0.4, 0.5) is 0 Å². The van der Waals surface area contributed by atoms with Gasteiger partial charge in [0, 0.05) is 24.9 Å². The van der Waals surface area contributed by atoms with E-state index in [1.807, 2.05) is 13.8 Å². The molecule has 1 saturated heterocycles. The van der Waals surface area contributed by atoms with Gasteiger partial charge in [0.15, 0.2) is 5.54 Å². The largest absolute Gasteiger partial charge is 0.367 e. The van der Waals surface area contributed by atoms with Crippen molar-refractivity contribution >= 4 is 11.8 Å². The van der Waals surface area contributed by atoms with E-state index >= 15 is 0 Å². The van der Waals surface area contributed by atoms with Crippen LogP contribution in [0.1, 0.15) is 32.4 Å². The second-order valence-electron chi connectivity index (χ2n) is 5.06. The summed E-state index contributed by atoms with van der Waals surface area (Å²) in [7, 11) is 0. The molecule has 0 spiro atoms. The van der Waals surface area contributed by atoms with Gasteiger partial charge in [0.2, 0.25) is 11.8 Å². The maximum atomic E-state index is 12.3. The Morgan fingerprint density at radius 3 is 2.68 bits per heavy atom. The van der Waals surface area contributed by atoms with Crippen LogP contribution < -0.4 is 5.73 Å². The van der Waals surface area contributed by atoms with Gasteiger partial charge in [0.25, 0.3) is 0 Å². The van der Waals surface area contributed by atoms with Gasteiger partial charge < -0.3 is 10.6 Å². The fourth-order valence-electron chi connectivity index (χ4n) is 2.59. The number of aromatic nitrogens is 2. The maximum absolute atomic E-state index is 12.3. The predicted molar refractivity (Wildman–Crippen MR) is 68.7 cm³/mol. The molecule has 2 rings (SSSR count). The fourth-order valence-corrected chi connectivity index (χ4v) is 2.59. The monoisotopic (exact) mass is 262 g/mol. The van der Waals surface area contributed by atoms with Gasteiger partial charge in [-0.25, -0.2) is 0 Å². The highest BCUT2D eigenvalue weighted by Gasteiger charge is 2.51. The molecule has 0 bridgehead atoms. The van der Waals surface area contributed by atoms with Crippen molar-refractivity contribution in [1.29, 1.82) is 0 Å². The SMILES string of the molecule is CC(C)C(=O)N1CCCC1(C(N)=O)c1cnccn1. The molecule has 2 heterocycles. The zero-order valence-electron chi connectivity index (χ0n) is 11.2. The normalized spacial score (nSPS) is 22.8. The number of carbonyl (C=O) groups is 2. The number of hydrogen-bond acceptors (Lipinski definition) is 4. The second kappa shape index (κ2) is 4.95. The molecule has 0 aliphatic carbocycles. The number of carbonyl (C=O) groups excluding carboxylic acids is 2. The summed E-state index contributed by atoms with van der Waals surface area (Å²) in [6.07, 6.45) is 5.78. The highest BCUT2D eigenvalue weighted by atomic mass is 16.2. The quantitative estimate of drug-likeness (QED) is 0.855. The van der Waals surface area contributed by atoms with Crippen molar-refractivity contribution in [3.05, 3.63) is 24.3 Å². The summed E-state index contributed by atoms with van der Waals surface area (Å²) in [4.78, 5) is 34.1. The predicted octanol–water partition coefficient (Wildman–Crippen LogP) is 0.436. The first-order valence-electron chi connectivity index (χ1n) is 6.38. The Balaban J connectivity index is 2.50. The fraction of sp³-hybridized carbons (Fsp3) is 0.538. The van der Waals surface area contributed by atoms with Crippen LogP contribution in [0.25, 0.3) is 0 Å². The van der Waals surface area contributed by atoms with Crippen molar-refractivity contribution in [1.82, 2.24) is 14.9 Å². The summed E-state index contributed by atoms with van der Waals surface area (Å²) in [5.74, 6) is -0.810. The number of amides is 2. The van der Waals surface area contributed by atoms with E-state index in [4.69, 9.17) is 5.73 Å². The molecule has 6 nitrogen and oxygen atoms in total. The minimum atomic E-state index is -1.14. The van der Waals surface area contributed by atoms with Gasteiger partial charge >= 0.3 is 0 Å². The van der Waals surface area contributed by atoms with Gasteiger partial charge in [0.1, 0.15) is 0 Å². The molecular weight excluding hydrogens is 244 g/mol. The first-order valence-corrected chi connectivity index (χ1v) is 6.38. The number of likely N-dealkylation sites (tertiary alicyclic amines) is 1. The van der Waals surface area contributed by atoms with Crippen LogP contribution in [0, 0.1) is 5.92 Å². The molecule has 2 amide bonds. The van der Waals surface area contributed by atoms with Crippen LogP contribution in [0.15, 0.2) is 18.6 Å². The lowest BCUT2D eigenvalue weighted by atomic mass is 9.90. The molecule has 1 aliphatic rings. The van der Waals surface area contributed by atoms with E-state index in [-0.39, 0.29) is 11.8 Å². The minimum absolute atomic E-state index is 0.0815. The molecule has 102 valence electrons. The molecule has 1 atom stereocenters. The van der Waals surface area contributed by atoms with Crippen molar-refractivity contribution in [3.63, 3.8) is 0 Å². The number of rotatable bonds is 3. The number of nitrogens with zero attached hydrogens (tertiary/aromatic N) is 3. The van der Waals surface area contributed by atoms with E-state index < -0.39 is 11.4 Å². The first kappa shape index (κ1) is 13.5. The highest BCUT2D eigenvalue weighted by molar-refractivity contribution is 5.92. The Morgan fingerprint density at radius 1 is 1.42 bits per heavy atom. The van der Waals surface area contributed by atoms with Crippen molar-refractivity contribution in [2.45, 2.75) is 32.2 Å². The number of primary amides is 1. The van der Waals surface area contributed by atoms with E-state index in [1.54, 1.807) is 4.90 Å². The summed E-state index contributed by atoms with van der Waals surface area (Å²) in [6, 6.07) is 0. The lowest BCUT2D eigenvalue weighted by Crippen LogP contribution is -2.55. The minimum Gasteiger partial charge on any atom is -0.367 e. The topological polar surface area (TPSA) is 89.2 Å². The smallest absolute Gasteiger partial charge is 0.249 e. The molecule has 19 heavy (non-hydrogen) atoms. The van der Waals surface area contributed by atoms with E-state index in [9.17, 15) is 9.59 Å². The Bertz CT molecular complexity index is 489. The van der Waals surface area contributed by atoms with E-state index in [1.165, 1.54) is 18.6 Å². The third kappa shape index (κ3) is 2.07. The zero-order chi connectivity index (χ0) is 14.0. The summed E-state index contributed by atoms with van der Waals surface area (Å²) in [6.45, 7) is 4.14. The van der Waals surface area contributed by atoms with E-state index in [0.29, 0.717) is 18.7 Å². The Morgan fingerprint density at radius 2 is 2.16 bits per heavy atom. The lowest BCUT2D eigenvalue weighted by Gasteiger charge is -2.36. The highest BCUT2D eigenvalue weighted by Crippen LogP contribution is 2.38. The summed E-state index contributed by atoms with van der Waals surface area (Å²) in [5, 5.41) is 0. The van der Waals surface area contributed by atoms with Gasteiger partial charge in [-0.2, -0.15) is 0 Å². The molecule has 0 saturated carbocycles. The second-order valence-corrected chi connectivity index (χ2v) is 5.06. The van der Waals surface area contributed by atoms with E-state index in [2.05, 4.69) is 9.97 Å². The molecule has 1 aromatic rings. The van der Waals surface area contributed by atoms with Crippen molar-refractivity contribution in [3.8, 4) is 0 Å². The standard InChI is InChI=1S/C13H18N4O2/c1-9(2)11(18)17-7-3-4-13(17,12(14)19)10-8-15-5-6-16-10/h5-6,8-9H,3-4,7H2,1-2H3,(H2,14,19). The molecule has 1 fully saturated rings. The van der Waals surface area contributed by atoms with Crippen LogP contribution in [-0.2, 0) is 15.1 Å². The zero-order valence-corrected chi connectivity index (χ0v) is 11.2. The van der Waals surface area contributed by atoms with Crippen LogP contribution >= 0.6 is 0 Å². The Kier molecular flexibility index (Phi) is 3.50. The molecule has 0 aromatic carbocycles. The number of nitrogens with two attached hydrogens (primary N) is 1. The molecule has 2 N–H and O–H groups in total. The van der Waals surface area contributed by atoms with Crippen LogP contribution in [0.2, 0.25) is 0 Å².